The summed E-state index contributed by atoms with van der Waals surface area (Å²) in [6.45, 7) is 10.6. The first-order valence-electron chi connectivity index (χ1n) is 10.4. The number of benzene rings is 1. The number of nitrogens with zero attached hydrogens (tertiary/aromatic N) is 4. The number of aryl methyl sites for hydroxylation is 1. The van der Waals surface area contributed by atoms with Crippen molar-refractivity contribution >= 4 is 49.4 Å². The highest BCUT2D eigenvalue weighted by Crippen LogP contribution is 2.26. The summed E-state index contributed by atoms with van der Waals surface area (Å²) in [5.74, 6) is 1.59. The van der Waals surface area contributed by atoms with E-state index in [1.165, 1.54) is 4.31 Å². The fourth-order valence-electron chi connectivity index (χ4n) is 3.54. The zero-order valence-electron chi connectivity index (χ0n) is 17.8. The fraction of sp³-hybridized carbons (Fsp3) is 0.600. The van der Waals surface area contributed by atoms with Crippen LogP contribution in [0.15, 0.2) is 23.1 Å². The highest BCUT2D eigenvalue weighted by atomic mass is 32.2. The molecule has 30 heavy (non-hydrogen) atoms. The number of thioether (sulfide) groups is 1. The molecular formula is C20H30N4O3S3. The number of sulfonamides is 1. The number of hydrogen-bond acceptors (Lipinski definition) is 6. The van der Waals surface area contributed by atoms with E-state index in [-0.39, 0.29) is 4.90 Å². The second-order valence-electron chi connectivity index (χ2n) is 7.07. The first-order chi connectivity index (χ1) is 14.4. The van der Waals surface area contributed by atoms with Crippen LogP contribution >= 0.6 is 24.0 Å². The van der Waals surface area contributed by atoms with Gasteiger partial charge in [-0.05, 0) is 38.5 Å². The van der Waals surface area contributed by atoms with Crippen molar-refractivity contribution in [2.24, 2.45) is 0 Å². The summed E-state index contributed by atoms with van der Waals surface area (Å²) < 4.78 is 35.8. The number of ether oxygens (including phenoxy) is 1. The van der Waals surface area contributed by atoms with E-state index in [4.69, 9.17) is 21.9 Å². The maximum absolute atomic E-state index is 13.0. The molecule has 1 aliphatic rings. The molecule has 0 aliphatic carbocycles. The van der Waals surface area contributed by atoms with Crippen molar-refractivity contribution in [3.63, 3.8) is 0 Å². The molecule has 2 heterocycles. The maximum Gasteiger partial charge on any atom is 0.243 e. The van der Waals surface area contributed by atoms with Crippen molar-refractivity contribution in [1.29, 1.82) is 0 Å². The summed E-state index contributed by atoms with van der Waals surface area (Å²) in [6.07, 6.45) is 0.970. The molecule has 7 nitrogen and oxygen atoms in total. The van der Waals surface area contributed by atoms with Gasteiger partial charge in [0, 0.05) is 32.7 Å². The van der Waals surface area contributed by atoms with Crippen LogP contribution in [0.2, 0.25) is 0 Å². The van der Waals surface area contributed by atoms with E-state index in [0.29, 0.717) is 37.6 Å². The molecule has 2 aromatic rings. The van der Waals surface area contributed by atoms with Crippen molar-refractivity contribution in [3.05, 3.63) is 24.0 Å². The largest absolute Gasteiger partial charge is 0.379 e. The van der Waals surface area contributed by atoms with E-state index in [2.05, 4.69) is 30.2 Å². The molecule has 166 valence electrons. The first kappa shape index (κ1) is 23.5. The SMILES string of the molecule is CCCn1c(CSC(=S)N(CC)CC)nc2cc(S(=O)(=O)N3CCOCC3)ccc21. The van der Waals surface area contributed by atoms with Gasteiger partial charge in [-0.25, -0.2) is 13.4 Å². The van der Waals surface area contributed by atoms with Crippen LogP contribution in [0.25, 0.3) is 11.0 Å². The lowest BCUT2D eigenvalue weighted by atomic mass is 10.3. The zero-order valence-corrected chi connectivity index (χ0v) is 20.3. The van der Waals surface area contributed by atoms with Crippen LogP contribution in [-0.2, 0) is 27.1 Å². The van der Waals surface area contributed by atoms with Gasteiger partial charge in [-0.15, -0.1) is 0 Å². The minimum absolute atomic E-state index is 0.288. The van der Waals surface area contributed by atoms with E-state index in [1.807, 2.05) is 6.07 Å². The second-order valence-corrected chi connectivity index (χ2v) is 10.6. The van der Waals surface area contributed by atoms with Gasteiger partial charge in [-0.3, -0.25) is 0 Å². The minimum atomic E-state index is -3.54. The quantitative estimate of drug-likeness (QED) is 0.548. The van der Waals surface area contributed by atoms with Crippen LogP contribution in [0.4, 0.5) is 0 Å². The Labute approximate surface area is 188 Å². The average Bonchev–Trinajstić information content (AvgIpc) is 3.10. The Hall–Kier alpha value is -1.20. The molecule has 0 radical (unpaired) electrons. The Bertz CT molecular complexity index is 981. The number of hydrogen-bond donors (Lipinski definition) is 0. The predicted octanol–water partition coefficient (Wildman–Crippen LogP) is 3.33. The third-order valence-corrected chi connectivity index (χ3v) is 8.61. The first-order valence-corrected chi connectivity index (χ1v) is 13.2. The topological polar surface area (TPSA) is 67.7 Å². The fourth-order valence-corrected chi connectivity index (χ4v) is 6.32. The summed E-state index contributed by atoms with van der Waals surface area (Å²) in [5.41, 5.74) is 1.67. The lowest BCUT2D eigenvalue weighted by Crippen LogP contribution is -2.40. The molecule has 0 bridgehead atoms. The molecule has 1 aromatic carbocycles. The number of imidazole rings is 1. The highest BCUT2D eigenvalue weighted by Gasteiger charge is 2.27. The van der Waals surface area contributed by atoms with E-state index in [0.717, 1.165) is 41.7 Å². The molecular weight excluding hydrogens is 440 g/mol. The third-order valence-electron chi connectivity index (χ3n) is 5.20. The van der Waals surface area contributed by atoms with Gasteiger partial charge in [0.15, 0.2) is 0 Å². The maximum atomic E-state index is 13.0. The van der Waals surface area contributed by atoms with Crippen molar-refractivity contribution in [3.8, 4) is 0 Å². The van der Waals surface area contributed by atoms with Gasteiger partial charge in [0.05, 0.1) is 34.9 Å². The molecule has 3 rings (SSSR count). The molecule has 10 heteroatoms. The molecule has 0 N–H and O–H groups in total. The van der Waals surface area contributed by atoms with E-state index in [1.54, 1.807) is 23.9 Å². The monoisotopic (exact) mass is 470 g/mol. The van der Waals surface area contributed by atoms with Crippen molar-refractivity contribution in [2.75, 3.05) is 39.4 Å². The van der Waals surface area contributed by atoms with Crippen molar-refractivity contribution < 1.29 is 13.2 Å². The van der Waals surface area contributed by atoms with Crippen LogP contribution in [0.5, 0.6) is 0 Å². The van der Waals surface area contributed by atoms with Gasteiger partial charge in [0.2, 0.25) is 10.0 Å². The summed E-state index contributed by atoms with van der Waals surface area (Å²) in [4.78, 5) is 7.23. The van der Waals surface area contributed by atoms with Crippen LogP contribution < -0.4 is 0 Å². The highest BCUT2D eigenvalue weighted by molar-refractivity contribution is 8.22. The van der Waals surface area contributed by atoms with E-state index < -0.39 is 10.0 Å². The standard InChI is InChI=1S/C20H30N4O3S3/c1-4-9-24-18-8-7-16(30(25,26)23-10-12-27-13-11-23)14-17(18)21-19(24)15-29-20(28)22(5-2)6-3/h7-8,14H,4-6,9-13,15H2,1-3H3. The second kappa shape index (κ2) is 10.4. The van der Waals surface area contributed by atoms with Gasteiger partial charge >= 0.3 is 0 Å². The molecule has 0 spiro atoms. The summed E-state index contributed by atoms with van der Waals surface area (Å²) in [7, 11) is -3.54. The average molecular weight is 471 g/mol. The number of thiocarbonyl (C=S) groups is 1. The molecule has 1 aromatic heterocycles. The molecule has 0 unspecified atom stereocenters. The molecule has 0 atom stereocenters. The summed E-state index contributed by atoms with van der Waals surface area (Å²) >= 11 is 7.17. The van der Waals surface area contributed by atoms with Gasteiger partial charge in [0.25, 0.3) is 0 Å². The van der Waals surface area contributed by atoms with Crippen LogP contribution in [0.1, 0.15) is 33.0 Å². The number of fused-ring (bicyclic) bond motifs is 1. The number of morpholine rings is 1. The summed E-state index contributed by atoms with van der Waals surface area (Å²) in [6, 6.07) is 5.27. The molecule has 1 saturated heterocycles. The minimum Gasteiger partial charge on any atom is -0.379 e. The Morgan fingerprint density at radius 3 is 2.57 bits per heavy atom. The smallest absolute Gasteiger partial charge is 0.243 e. The molecule has 0 amide bonds. The van der Waals surface area contributed by atoms with Crippen molar-refractivity contribution in [2.45, 2.75) is 44.4 Å². The van der Waals surface area contributed by atoms with Gasteiger partial charge in [0.1, 0.15) is 10.1 Å². The van der Waals surface area contributed by atoms with Crippen LogP contribution in [0.3, 0.4) is 0 Å². The Balaban J connectivity index is 1.89. The van der Waals surface area contributed by atoms with Crippen LogP contribution in [-0.4, -0.2) is 70.9 Å². The lowest BCUT2D eigenvalue weighted by Gasteiger charge is -2.26. The molecule has 1 fully saturated rings. The Kier molecular flexibility index (Phi) is 8.14. The number of rotatable bonds is 8. The summed E-state index contributed by atoms with van der Waals surface area (Å²) in [5, 5.41) is 0. The van der Waals surface area contributed by atoms with Crippen LogP contribution in [0, 0.1) is 0 Å². The van der Waals surface area contributed by atoms with Gasteiger partial charge in [-0.1, -0.05) is 30.9 Å². The number of aromatic nitrogens is 2. The van der Waals surface area contributed by atoms with Gasteiger partial charge in [-0.2, -0.15) is 4.31 Å². The Morgan fingerprint density at radius 1 is 1.23 bits per heavy atom. The Morgan fingerprint density at radius 2 is 1.93 bits per heavy atom. The van der Waals surface area contributed by atoms with E-state index >= 15 is 0 Å². The third kappa shape index (κ3) is 4.99. The lowest BCUT2D eigenvalue weighted by molar-refractivity contribution is 0.0730. The van der Waals surface area contributed by atoms with E-state index in [9.17, 15) is 8.42 Å². The molecule has 1 aliphatic heterocycles. The molecule has 0 saturated carbocycles. The predicted molar refractivity (Wildman–Crippen MR) is 126 cm³/mol. The van der Waals surface area contributed by atoms with Gasteiger partial charge < -0.3 is 14.2 Å². The zero-order chi connectivity index (χ0) is 21.7. The normalized spacial score (nSPS) is 15.6. The van der Waals surface area contributed by atoms with Crippen molar-refractivity contribution in [1.82, 2.24) is 18.8 Å².